The van der Waals surface area contributed by atoms with E-state index in [1.165, 1.54) is 11.8 Å². The molecule has 146 valence electrons. The summed E-state index contributed by atoms with van der Waals surface area (Å²) < 4.78 is 7.14. The van der Waals surface area contributed by atoms with E-state index < -0.39 is 5.97 Å². The van der Waals surface area contributed by atoms with Gasteiger partial charge < -0.3 is 14.4 Å². The van der Waals surface area contributed by atoms with Crippen molar-refractivity contribution in [2.45, 2.75) is 16.3 Å². The normalized spacial score (nSPS) is 11.0. The third kappa shape index (κ3) is 3.97. The summed E-state index contributed by atoms with van der Waals surface area (Å²) in [4.78, 5) is 14.0. The first-order valence-electron chi connectivity index (χ1n) is 8.97. The number of hydrogen-bond donors (Lipinski definition) is 1. The Labute approximate surface area is 177 Å². The molecule has 4 rings (SSSR count). The van der Waals surface area contributed by atoms with Crippen LogP contribution >= 0.6 is 23.4 Å². The van der Waals surface area contributed by atoms with E-state index in [0.717, 1.165) is 27.1 Å². The fourth-order valence-corrected chi connectivity index (χ4v) is 4.60. The Hall–Kier alpha value is -2.89. The maximum Gasteiger partial charge on any atom is 0.353 e. The number of benzene rings is 3. The standard InChI is InChI=1S/C23H18ClNO3S/c1-28-17-7-5-6-15(12-17)14-25-20-11-10-16(24)13-19(20)22(21(25)23(26)27)29-18-8-3-2-4-9-18/h2-13H,14H2,1H3,(H,26,27). The van der Waals surface area contributed by atoms with Crippen LogP contribution in [0.3, 0.4) is 0 Å². The van der Waals surface area contributed by atoms with E-state index >= 15 is 0 Å². The number of rotatable bonds is 6. The molecule has 0 amide bonds. The van der Waals surface area contributed by atoms with Crippen LogP contribution in [0, 0.1) is 0 Å². The number of carboxylic acids is 1. The molecule has 0 saturated carbocycles. The average molecular weight is 424 g/mol. The highest BCUT2D eigenvalue weighted by Crippen LogP contribution is 2.40. The van der Waals surface area contributed by atoms with Crippen molar-refractivity contribution >= 4 is 40.2 Å². The van der Waals surface area contributed by atoms with E-state index in [4.69, 9.17) is 16.3 Å². The predicted octanol–water partition coefficient (Wildman–Crippen LogP) is 6.20. The molecule has 0 fully saturated rings. The Balaban J connectivity index is 1.91. The Morgan fingerprint density at radius 1 is 1.07 bits per heavy atom. The molecule has 1 N–H and O–H groups in total. The molecule has 0 aliphatic heterocycles. The second-order valence-corrected chi connectivity index (χ2v) is 8.02. The smallest absolute Gasteiger partial charge is 0.353 e. The quantitative estimate of drug-likeness (QED) is 0.401. The summed E-state index contributed by atoms with van der Waals surface area (Å²) in [5.74, 6) is -0.239. The summed E-state index contributed by atoms with van der Waals surface area (Å²) in [5.41, 5.74) is 2.03. The molecule has 6 heteroatoms. The van der Waals surface area contributed by atoms with E-state index in [2.05, 4.69) is 0 Å². The van der Waals surface area contributed by atoms with Gasteiger partial charge >= 0.3 is 5.97 Å². The topological polar surface area (TPSA) is 51.5 Å². The van der Waals surface area contributed by atoms with E-state index in [0.29, 0.717) is 16.5 Å². The molecular weight excluding hydrogens is 406 g/mol. The lowest BCUT2D eigenvalue weighted by molar-refractivity contribution is 0.0682. The van der Waals surface area contributed by atoms with Gasteiger partial charge in [0.15, 0.2) is 0 Å². The van der Waals surface area contributed by atoms with Crippen LogP contribution in [0.5, 0.6) is 5.75 Å². The van der Waals surface area contributed by atoms with Crippen LogP contribution in [0.1, 0.15) is 16.1 Å². The van der Waals surface area contributed by atoms with E-state index in [9.17, 15) is 9.90 Å². The van der Waals surface area contributed by atoms with Gasteiger partial charge in [-0.25, -0.2) is 4.79 Å². The minimum atomic E-state index is -0.973. The lowest BCUT2D eigenvalue weighted by Gasteiger charge is -2.10. The van der Waals surface area contributed by atoms with Gasteiger partial charge in [0.2, 0.25) is 0 Å². The Morgan fingerprint density at radius 3 is 2.59 bits per heavy atom. The Kier molecular flexibility index (Phi) is 5.51. The molecule has 29 heavy (non-hydrogen) atoms. The molecule has 0 aliphatic rings. The largest absolute Gasteiger partial charge is 0.497 e. The van der Waals surface area contributed by atoms with Crippen molar-refractivity contribution in [3.63, 3.8) is 0 Å². The predicted molar refractivity (Wildman–Crippen MR) is 117 cm³/mol. The van der Waals surface area contributed by atoms with Crippen molar-refractivity contribution in [1.29, 1.82) is 0 Å². The molecule has 0 aliphatic carbocycles. The first-order valence-corrected chi connectivity index (χ1v) is 10.2. The van der Waals surface area contributed by atoms with Gasteiger partial charge in [-0.3, -0.25) is 0 Å². The maximum atomic E-state index is 12.3. The van der Waals surface area contributed by atoms with Gasteiger partial charge in [-0.1, -0.05) is 53.7 Å². The molecule has 0 unspecified atom stereocenters. The van der Waals surface area contributed by atoms with Crippen LogP contribution in [0.15, 0.2) is 82.6 Å². The second kappa shape index (κ2) is 8.23. The lowest BCUT2D eigenvalue weighted by atomic mass is 10.2. The SMILES string of the molecule is COc1cccc(Cn2c(C(=O)O)c(Sc3ccccc3)c3cc(Cl)ccc32)c1. The first kappa shape index (κ1) is 19.4. The zero-order valence-electron chi connectivity index (χ0n) is 15.6. The molecule has 4 nitrogen and oxygen atoms in total. The van der Waals surface area contributed by atoms with Crippen molar-refractivity contribution in [2.75, 3.05) is 7.11 Å². The molecule has 0 bridgehead atoms. The van der Waals surface area contributed by atoms with Crippen LogP contribution in [0.4, 0.5) is 0 Å². The number of nitrogens with zero attached hydrogens (tertiary/aromatic N) is 1. The van der Waals surface area contributed by atoms with Crippen LogP contribution < -0.4 is 4.74 Å². The number of halogens is 1. The molecule has 3 aromatic carbocycles. The number of carboxylic acid groups (broad SMARTS) is 1. The number of fused-ring (bicyclic) bond motifs is 1. The number of hydrogen-bond acceptors (Lipinski definition) is 3. The Morgan fingerprint density at radius 2 is 1.86 bits per heavy atom. The molecule has 1 aromatic heterocycles. The molecule has 0 spiro atoms. The Bertz CT molecular complexity index is 1190. The summed E-state index contributed by atoms with van der Waals surface area (Å²) >= 11 is 7.69. The van der Waals surface area contributed by atoms with E-state index in [1.54, 1.807) is 13.2 Å². The number of ether oxygens (including phenoxy) is 1. The van der Waals surface area contributed by atoms with Crippen molar-refractivity contribution in [3.05, 3.63) is 89.1 Å². The van der Waals surface area contributed by atoms with Crippen molar-refractivity contribution in [2.24, 2.45) is 0 Å². The number of aromatic nitrogens is 1. The first-order chi connectivity index (χ1) is 14.1. The van der Waals surface area contributed by atoms with Crippen molar-refractivity contribution < 1.29 is 14.6 Å². The van der Waals surface area contributed by atoms with Crippen LogP contribution in [0.25, 0.3) is 10.9 Å². The van der Waals surface area contributed by atoms with Gasteiger partial charge in [0.1, 0.15) is 11.4 Å². The summed E-state index contributed by atoms with van der Waals surface area (Å²) in [6.07, 6.45) is 0. The summed E-state index contributed by atoms with van der Waals surface area (Å²) in [6.45, 7) is 0.409. The number of aromatic carboxylic acids is 1. The zero-order chi connectivity index (χ0) is 20.4. The average Bonchev–Trinajstić information content (AvgIpc) is 3.01. The van der Waals surface area contributed by atoms with Gasteiger partial charge in [0, 0.05) is 21.8 Å². The minimum absolute atomic E-state index is 0.249. The van der Waals surface area contributed by atoms with Crippen molar-refractivity contribution in [3.8, 4) is 5.75 Å². The molecule has 0 radical (unpaired) electrons. The highest BCUT2D eigenvalue weighted by atomic mass is 35.5. The van der Waals surface area contributed by atoms with Crippen LogP contribution in [0.2, 0.25) is 5.02 Å². The van der Waals surface area contributed by atoms with E-state index in [-0.39, 0.29) is 5.69 Å². The van der Waals surface area contributed by atoms with Crippen LogP contribution in [-0.4, -0.2) is 22.8 Å². The van der Waals surface area contributed by atoms with Crippen LogP contribution in [-0.2, 0) is 6.54 Å². The monoisotopic (exact) mass is 423 g/mol. The lowest BCUT2D eigenvalue weighted by Crippen LogP contribution is -2.10. The second-order valence-electron chi connectivity index (χ2n) is 6.50. The zero-order valence-corrected chi connectivity index (χ0v) is 17.2. The van der Waals surface area contributed by atoms with Gasteiger partial charge in [-0.2, -0.15) is 0 Å². The summed E-state index contributed by atoms with van der Waals surface area (Å²) in [7, 11) is 1.61. The fourth-order valence-electron chi connectivity index (χ4n) is 3.34. The molecule has 1 heterocycles. The van der Waals surface area contributed by atoms with E-state index in [1.807, 2.05) is 71.3 Å². The molecule has 0 atom stereocenters. The van der Waals surface area contributed by atoms with Gasteiger partial charge in [0.25, 0.3) is 0 Å². The van der Waals surface area contributed by atoms with Gasteiger partial charge in [-0.15, -0.1) is 0 Å². The summed E-state index contributed by atoms with van der Waals surface area (Å²) in [6, 6.07) is 22.9. The van der Waals surface area contributed by atoms with Gasteiger partial charge in [0.05, 0.1) is 17.5 Å². The minimum Gasteiger partial charge on any atom is -0.497 e. The number of carbonyl (C=O) groups is 1. The third-order valence-electron chi connectivity index (χ3n) is 4.62. The number of methoxy groups -OCH3 is 1. The highest BCUT2D eigenvalue weighted by molar-refractivity contribution is 7.99. The summed E-state index contributed by atoms with van der Waals surface area (Å²) in [5, 5.41) is 11.5. The van der Waals surface area contributed by atoms with Gasteiger partial charge in [-0.05, 0) is 48.0 Å². The molecule has 4 aromatic rings. The molecule has 0 saturated heterocycles. The molecular formula is C23H18ClNO3S. The fraction of sp³-hybridized carbons (Fsp3) is 0.0870. The van der Waals surface area contributed by atoms with Crippen molar-refractivity contribution in [1.82, 2.24) is 4.57 Å². The maximum absolute atomic E-state index is 12.3. The highest BCUT2D eigenvalue weighted by Gasteiger charge is 2.24. The third-order valence-corrected chi connectivity index (χ3v) is 5.98.